The van der Waals surface area contributed by atoms with Crippen LogP contribution in [0.4, 0.5) is 19.0 Å². The number of likely N-dealkylation sites (tertiary alicyclic amines) is 1. The van der Waals surface area contributed by atoms with Gasteiger partial charge in [-0.2, -0.15) is 9.97 Å². The van der Waals surface area contributed by atoms with Crippen molar-refractivity contribution < 1.29 is 32.5 Å². The Bertz CT molecular complexity index is 2110. The van der Waals surface area contributed by atoms with Crippen LogP contribution in [0.1, 0.15) is 57.4 Å². The van der Waals surface area contributed by atoms with Crippen LogP contribution in [0.25, 0.3) is 32.9 Å². The van der Waals surface area contributed by atoms with Gasteiger partial charge in [0.15, 0.2) is 5.82 Å². The molecule has 1 aliphatic carbocycles. The number of likely N-dealkylation sites (N-methyl/N-ethyl adjacent to an activating group) is 1. The highest BCUT2D eigenvalue weighted by Crippen LogP contribution is 2.40. The molecule has 2 aromatic carbocycles. The van der Waals surface area contributed by atoms with E-state index in [1.807, 2.05) is 6.92 Å². The van der Waals surface area contributed by atoms with E-state index < -0.39 is 28.9 Å². The molecule has 278 valence electrons. The Balaban J connectivity index is 1.32. The number of amides is 1. The summed E-state index contributed by atoms with van der Waals surface area (Å²) in [7, 11) is 1.74. The minimum atomic E-state index is -1.04. The number of phenolic OH excluding ortho intramolecular Hbond substituents is 1. The first-order chi connectivity index (χ1) is 25.5. The summed E-state index contributed by atoms with van der Waals surface area (Å²) in [6, 6.07) is 5.33. The fourth-order valence-corrected chi connectivity index (χ4v) is 8.50. The van der Waals surface area contributed by atoms with Crippen LogP contribution in [-0.4, -0.2) is 99.0 Å². The average Bonchev–Trinajstić information content (AvgIpc) is 3.77. The molecule has 3 fully saturated rings. The molecule has 4 heterocycles. The molecule has 2 N–H and O–H groups in total. The zero-order valence-electron chi connectivity index (χ0n) is 29.9. The molecule has 2 aromatic heterocycles. The molecule has 2 saturated heterocycles. The van der Waals surface area contributed by atoms with Crippen molar-refractivity contribution in [3.8, 4) is 35.4 Å². The molecule has 2 aliphatic heterocycles. The van der Waals surface area contributed by atoms with Crippen LogP contribution in [0.3, 0.4) is 0 Å². The monoisotopic (exact) mass is 728 g/mol. The number of aromatic nitrogens is 3. The SMILES string of the molecule is C#Cc1c(F)ccc2cc(O)cc(-c3ncc4c(NCC5(N(C)C(=O)C=C)CCCC5)nc(OC[C@]5(C)C[C@@H](F)CN5C5CCOCC5)nc4c3F)c12. The number of ether oxygens (including phenoxy) is 2. The van der Waals surface area contributed by atoms with Gasteiger partial charge in [-0.15, -0.1) is 6.42 Å². The summed E-state index contributed by atoms with van der Waals surface area (Å²) in [5, 5.41) is 14.8. The summed E-state index contributed by atoms with van der Waals surface area (Å²) < 4.78 is 58.8. The summed E-state index contributed by atoms with van der Waals surface area (Å²) in [5.74, 6) is 0.629. The van der Waals surface area contributed by atoms with Gasteiger partial charge in [-0.05, 0) is 62.3 Å². The zero-order valence-corrected chi connectivity index (χ0v) is 29.9. The van der Waals surface area contributed by atoms with Gasteiger partial charge < -0.3 is 24.8 Å². The molecule has 0 bridgehead atoms. The van der Waals surface area contributed by atoms with Gasteiger partial charge in [-0.3, -0.25) is 14.7 Å². The number of carbonyl (C=O) groups is 1. The molecule has 0 spiro atoms. The van der Waals surface area contributed by atoms with Crippen molar-refractivity contribution in [2.75, 3.05) is 45.3 Å². The van der Waals surface area contributed by atoms with Crippen LogP contribution >= 0.6 is 0 Å². The summed E-state index contributed by atoms with van der Waals surface area (Å²) >= 11 is 0. The maximum absolute atomic E-state index is 17.0. The van der Waals surface area contributed by atoms with Gasteiger partial charge in [0.1, 0.15) is 41.4 Å². The molecule has 1 amide bonds. The van der Waals surface area contributed by atoms with Crippen LogP contribution in [-0.2, 0) is 9.53 Å². The second kappa shape index (κ2) is 14.5. The average molecular weight is 729 g/mol. The van der Waals surface area contributed by atoms with Crippen LogP contribution in [0, 0.1) is 24.0 Å². The molecule has 0 unspecified atom stereocenters. The molecular weight excluding hydrogens is 685 g/mol. The van der Waals surface area contributed by atoms with E-state index in [0.29, 0.717) is 25.1 Å². The molecule has 7 rings (SSSR count). The molecule has 10 nitrogen and oxygen atoms in total. The van der Waals surface area contributed by atoms with Gasteiger partial charge in [-0.25, -0.2) is 13.2 Å². The lowest BCUT2D eigenvalue weighted by molar-refractivity contribution is -0.129. The number of phenols is 1. The minimum Gasteiger partial charge on any atom is -0.508 e. The lowest BCUT2D eigenvalue weighted by Gasteiger charge is -2.41. The van der Waals surface area contributed by atoms with E-state index in [-0.39, 0.29) is 82.2 Å². The second-order valence-corrected chi connectivity index (χ2v) is 14.7. The third-order valence-electron chi connectivity index (χ3n) is 11.3. The largest absolute Gasteiger partial charge is 0.508 e. The van der Waals surface area contributed by atoms with Gasteiger partial charge in [0, 0.05) is 63.0 Å². The fourth-order valence-electron chi connectivity index (χ4n) is 8.50. The molecule has 4 aromatic rings. The third-order valence-corrected chi connectivity index (χ3v) is 11.3. The van der Waals surface area contributed by atoms with Gasteiger partial charge in [0.25, 0.3) is 0 Å². The summed E-state index contributed by atoms with van der Waals surface area (Å²) in [6.07, 6.45) is 12.5. The normalized spacial score (nSPS) is 21.8. The van der Waals surface area contributed by atoms with E-state index in [0.717, 1.165) is 38.5 Å². The topological polar surface area (TPSA) is 113 Å². The second-order valence-electron chi connectivity index (χ2n) is 14.7. The first-order valence-corrected chi connectivity index (χ1v) is 18.0. The first kappa shape index (κ1) is 36.4. The predicted molar refractivity (Wildman–Crippen MR) is 196 cm³/mol. The quantitative estimate of drug-likeness (QED) is 0.139. The van der Waals surface area contributed by atoms with Crippen molar-refractivity contribution in [1.29, 1.82) is 0 Å². The smallest absolute Gasteiger partial charge is 0.319 e. The van der Waals surface area contributed by atoms with E-state index in [4.69, 9.17) is 15.9 Å². The molecule has 1 saturated carbocycles. The Morgan fingerprint density at radius 3 is 2.72 bits per heavy atom. The van der Waals surface area contributed by atoms with Crippen molar-refractivity contribution in [2.45, 2.75) is 75.2 Å². The standard InChI is InChI=1S/C40H43F3N6O4/c1-5-28-31(42)10-9-24-17-27(50)18-29(33(24)28)35-34(43)36-30(20-44-35)37(45-22-40(13-7-8-14-40)48(4)32(51)6-2)47-38(46-36)53-23-39(3)19-25(41)21-49(39)26-11-15-52-16-12-26/h1,6,9-10,17-18,20,25-26,50H,2,7-8,11-16,19,21-23H2,3-4H3,(H,45,46,47)/t25-,39+/m1/s1. The maximum atomic E-state index is 17.0. The number of halogens is 3. The number of fused-ring (bicyclic) bond motifs is 2. The number of benzene rings is 2. The summed E-state index contributed by atoms with van der Waals surface area (Å²) in [6.45, 7) is 7.42. The Hall–Kier alpha value is -4.93. The Labute approximate surface area is 306 Å². The highest BCUT2D eigenvalue weighted by atomic mass is 19.1. The van der Waals surface area contributed by atoms with Crippen LogP contribution in [0.5, 0.6) is 11.8 Å². The highest BCUT2D eigenvalue weighted by Gasteiger charge is 2.46. The highest BCUT2D eigenvalue weighted by molar-refractivity contribution is 6.03. The Morgan fingerprint density at radius 2 is 2.00 bits per heavy atom. The predicted octanol–water partition coefficient (Wildman–Crippen LogP) is 6.54. The molecule has 2 atom stereocenters. The molecule has 53 heavy (non-hydrogen) atoms. The van der Waals surface area contributed by atoms with E-state index in [1.165, 1.54) is 36.5 Å². The number of carbonyl (C=O) groups excluding carboxylic acids is 1. The van der Waals surface area contributed by atoms with E-state index in [1.54, 1.807) is 11.9 Å². The number of pyridine rings is 1. The van der Waals surface area contributed by atoms with Crippen LogP contribution in [0.15, 0.2) is 43.1 Å². The summed E-state index contributed by atoms with van der Waals surface area (Å²) in [5.41, 5.74) is -1.62. The molecule has 3 aliphatic rings. The molecular formula is C40H43F3N6O4. The number of alkyl halides is 1. The van der Waals surface area contributed by atoms with Crippen molar-refractivity contribution in [2.24, 2.45) is 0 Å². The molecule has 13 heteroatoms. The van der Waals surface area contributed by atoms with Crippen molar-refractivity contribution in [3.63, 3.8) is 0 Å². The Morgan fingerprint density at radius 1 is 1.25 bits per heavy atom. The number of nitrogens with zero attached hydrogens (tertiary/aromatic N) is 5. The Kier molecular flexibility index (Phi) is 9.95. The number of aromatic hydroxyl groups is 1. The van der Waals surface area contributed by atoms with Gasteiger partial charge in [-0.1, -0.05) is 31.4 Å². The fraction of sp³-hybridized carbons (Fsp3) is 0.450. The van der Waals surface area contributed by atoms with Crippen LogP contribution < -0.4 is 10.1 Å². The van der Waals surface area contributed by atoms with E-state index >= 15 is 8.78 Å². The minimum absolute atomic E-state index is 0.0395. The number of nitrogens with one attached hydrogen (secondary N) is 1. The van der Waals surface area contributed by atoms with E-state index in [2.05, 4.69) is 37.7 Å². The number of terminal acetylenes is 1. The van der Waals surface area contributed by atoms with Crippen molar-refractivity contribution in [1.82, 2.24) is 24.8 Å². The lowest BCUT2D eigenvalue weighted by Crippen LogP contribution is -2.52. The third kappa shape index (κ3) is 6.74. The zero-order chi connectivity index (χ0) is 37.5. The molecule has 0 radical (unpaired) electrons. The van der Waals surface area contributed by atoms with E-state index in [9.17, 15) is 14.3 Å². The van der Waals surface area contributed by atoms with Crippen LogP contribution in [0.2, 0.25) is 0 Å². The van der Waals surface area contributed by atoms with Crippen molar-refractivity contribution >= 4 is 33.4 Å². The number of hydrogen-bond acceptors (Lipinski definition) is 9. The van der Waals surface area contributed by atoms with Gasteiger partial charge >= 0.3 is 6.01 Å². The number of anilines is 1. The van der Waals surface area contributed by atoms with Gasteiger partial charge in [0.2, 0.25) is 5.91 Å². The number of hydrogen-bond donors (Lipinski definition) is 2. The maximum Gasteiger partial charge on any atom is 0.319 e. The van der Waals surface area contributed by atoms with Gasteiger partial charge in [0.05, 0.1) is 22.0 Å². The number of rotatable bonds is 10. The summed E-state index contributed by atoms with van der Waals surface area (Å²) in [4.78, 5) is 30.3. The first-order valence-electron chi connectivity index (χ1n) is 18.0. The lowest BCUT2D eigenvalue weighted by atomic mass is 9.95. The van der Waals surface area contributed by atoms with Crippen molar-refractivity contribution in [3.05, 3.63) is 60.3 Å².